The Hall–Kier alpha value is -2.04. The highest BCUT2D eigenvalue weighted by Gasteiger charge is 2.38. The highest BCUT2D eigenvalue weighted by molar-refractivity contribution is 5.96. The minimum absolute atomic E-state index is 0.0617. The Morgan fingerprint density at radius 1 is 1.24 bits per heavy atom. The Labute approximate surface area is 125 Å². The van der Waals surface area contributed by atoms with Gasteiger partial charge in [0.05, 0.1) is 0 Å². The number of piperazine rings is 1. The molecule has 0 aliphatic carbocycles. The Balaban J connectivity index is 2.22. The first-order chi connectivity index (χ1) is 9.88. The number of benzene rings is 1. The molecule has 1 saturated heterocycles. The summed E-state index contributed by atoms with van der Waals surface area (Å²) < 4.78 is 0. The van der Waals surface area contributed by atoms with E-state index in [1.165, 1.54) is 0 Å². The molecule has 0 spiro atoms. The van der Waals surface area contributed by atoms with Crippen LogP contribution in [0.2, 0.25) is 0 Å². The van der Waals surface area contributed by atoms with Gasteiger partial charge in [-0.15, -0.1) is 0 Å². The minimum Gasteiger partial charge on any atom is -0.508 e. The number of carbonyl (C=O) groups is 2. The highest BCUT2D eigenvalue weighted by atomic mass is 16.3. The van der Waals surface area contributed by atoms with E-state index in [0.29, 0.717) is 18.9 Å². The number of nitrogens with one attached hydrogen (secondary N) is 1. The Kier molecular flexibility index (Phi) is 4.50. The Morgan fingerprint density at radius 2 is 1.86 bits per heavy atom. The molecule has 0 saturated carbocycles. The highest BCUT2D eigenvalue weighted by Crippen LogP contribution is 2.21. The van der Waals surface area contributed by atoms with Gasteiger partial charge < -0.3 is 15.3 Å². The number of carbonyl (C=O) groups excluding carboxylic acids is 2. The van der Waals surface area contributed by atoms with Crippen LogP contribution < -0.4 is 5.32 Å². The number of amides is 2. The predicted octanol–water partition coefficient (Wildman–Crippen LogP) is 1.65. The molecule has 2 rings (SSSR count). The van der Waals surface area contributed by atoms with Gasteiger partial charge in [0.2, 0.25) is 11.8 Å². The second-order valence-electron chi connectivity index (χ2n) is 6.01. The van der Waals surface area contributed by atoms with Crippen LogP contribution >= 0.6 is 0 Å². The van der Waals surface area contributed by atoms with E-state index in [-0.39, 0.29) is 17.6 Å². The van der Waals surface area contributed by atoms with Crippen LogP contribution in [0.25, 0.3) is 0 Å². The summed E-state index contributed by atoms with van der Waals surface area (Å²) in [6.07, 6.45) is 0.641. The van der Waals surface area contributed by atoms with Crippen LogP contribution in [-0.4, -0.2) is 33.9 Å². The average Bonchev–Trinajstić information content (AvgIpc) is 2.42. The summed E-state index contributed by atoms with van der Waals surface area (Å²) >= 11 is 0. The molecule has 1 aromatic rings. The van der Waals surface area contributed by atoms with Crippen LogP contribution in [0.3, 0.4) is 0 Å². The summed E-state index contributed by atoms with van der Waals surface area (Å²) in [7, 11) is 0. The number of nitrogens with zero attached hydrogens (tertiary/aromatic N) is 1. The summed E-state index contributed by atoms with van der Waals surface area (Å²) in [6, 6.07) is 5.80. The summed E-state index contributed by atoms with van der Waals surface area (Å²) in [6.45, 7) is 6.16. The van der Waals surface area contributed by atoms with Crippen LogP contribution in [0.15, 0.2) is 24.3 Å². The first-order valence-electron chi connectivity index (χ1n) is 7.27. The zero-order chi connectivity index (χ0) is 15.6. The molecule has 1 fully saturated rings. The number of hydrogen-bond donors (Lipinski definition) is 2. The van der Waals surface area contributed by atoms with E-state index in [0.717, 1.165) is 5.56 Å². The normalized spacial score (nSPS) is 22.6. The Bertz CT molecular complexity index is 525. The summed E-state index contributed by atoms with van der Waals surface area (Å²) in [5.74, 6) is 0.362. The largest absolute Gasteiger partial charge is 0.508 e. The van der Waals surface area contributed by atoms with Gasteiger partial charge in [-0.2, -0.15) is 0 Å². The number of rotatable bonds is 4. The maximum absolute atomic E-state index is 12.4. The van der Waals surface area contributed by atoms with Crippen molar-refractivity contribution >= 4 is 11.8 Å². The number of aromatic hydroxyl groups is 1. The lowest BCUT2D eigenvalue weighted by Crippen LogP contribution is -2.62. The van der Waals surface area contributed by atoms with Crippen molar-refractivity contribution in [3.8, 4) is 5.75 Å². The van der Waals surface area contributed by atoms with E-state index in [1.807, 2.05) is 13.8 Å². The number of hydrogen-bond acceptors (Lipinski definition) is 3. The van der Waals surface area contributed by atoms with Crippen molar-refractivity contribution in [1.29, 1.82) is 0 Å². The molecule has 2 atom stereocenters. The van der Waals surface area contributed by atoms with Gasteiger partial charge in [0, 0.05) is 6.54 Å². The first-order valence-corrected chi connectivity index (χ1v) is 7.27. The van der Waals surface area contributed by atoms with Crippen LogP contribution in [0, 0.1) is 5.92 Å². The molecule has 114 valence electrons. The monoisotopic (exact) mass is 290 g/mol. The molecule has 5 heteroatoms. The zero-order valence-corrected chi connectivity index (χ0v) is 12.7. The van der Waals surface area contributed by atoms with Gasteiger partial charge in [-0.05, 0) is 37.0 Å². The molecule has 21 heavy (non-hydrogen) atoms. The van der Waals surface area contributed by atoms with Crippen molar-refractivity contribution in [3.05, 3.63) is 29.8 Å². The molecule has 2 N–H and O–H groups in total. The van der Waals surface area contributed by atoms with E-state index in [9.17, 15) is 14.7 Å². The maximum atomic E-state index is 12.4. The van der Waals surface area contributed by atoms with Crippen LogP contribution in [-0.2, 0) is 16.1 Å². The van der Waals surface area contributed by atoms with Gasteiger partial charge in [-0.3, -0.25) is 9.59 Å². The maximum Gasteiger partial charge on any atom is 0.245 e. The van der Waals surface area contributed by atoms with Crippen LogP contribution in [0.1, 0.15) is 32.8 Å². The SMILES string of the molecule is CC(C)CC1C(=O)NC(C)C(=O)N1Cc1ccc(O)cc1. The van der Waals surface area contributed by atoms with Gasteiger partial charge in [0.25, 0.3) is 0 Å². The molecule has 1 aromatic carbocycles. The van der Waals surface area contributed by atoms with E-state index in [1.54, 1.807) is 36.1 Å². The fourth-order valence-electron chi connectivity index (χ4n) is 2.58. The number of phenolic OH excluding ortho intramolecular Hbond substituents is 1. The lowest BCUT2D eigenvalue weighted by Gasteiger charge is -2.38. The van der Waals surface area contributed by atoms with Gasteiger partial charge >= 0.3 is 0 Å². The molecule has 1 aliphatic heterocycles. The molecule has 0 aromatic heterocycles. The van der Waals surface area contributed by atoms with E-state index < -0.39 is 12.1 Å². The molecular weight excluding hydrogens is 268 g/mol. The third-order valence-electron chi connectivity index (χ3n) is 3.68. The number of phenols is 1. The third kappa shape index (κ3) is 3.54. The van der Waals surface area contributed by atoms with Crippen molar-refractivity contribution < 1.29 is 14.7 Å². The Morgan fingerprint density at radius 3 is 2.43 bits per heavy atom. The van der Waals surface area contributed by atoms with Crippen LogP contribution in [0.5, 0.6) is 5.75 Å². The molecule has 2 amide bonds. The van der Waals surface area contributed by atoms with Gasteiger partial charge in [0.1, 0.15) is 17.8 Å². The van der Waals surface area contributed by atoms with E-state index >= 15 is 0 Å². The molecule has 0 radical (unpaired) electrons. The molecule has 5 nitrogen and oxygen atoms in total. The third-order valence-corrected chi connectivity index (χ3v) is 3.68. The molecule has 0 bridgehead atoms. The predicted molar refractivity (Wildman–Crippen MR) is 79.5 cm³/mol. The fourth-order valence-corrected chi connectivity index (χ4v) is 2.58. The summed E-state index contributed by atoms with van der Waals surface area (Å²) in [4.78, 5) is 26.2. The lowest BCUT2D eigenvalue weighted by molar-refractivity contribution is -0.150. The van der Waals surface area contributed by atoms with Gasteiger partial charge in [-0.1, -0.05) is 26.0 Å². The molecule has 2 unspecified atom stereocenters. The van der Waals surface area contributed by atoms with Gasteiger partial charge in [-0.25, -0.2) is 0 Å². The van der Waals surface area contributed by atoms with Crippen molar-refractivity contribution in [2.24, 2.45) is 5.92 Å². The molecule has 1 aliphatic rings. The molecule has 1 heterocycles. The van der Waals surface area contributed by atoms with Crippen LogP contribution in [0.4, 0.5) is 0 Å². The quantitative estimate of drug-likeness (QED) is 0.886. The van der Waals surface area contributed by atoms with Gasteiger partial charge in [0.15, 0.2) is 0 Å². The first kappa shape index (κ1) is 15.4. The fraction of sp³-hybridized carbons (Fsp3) is 0.500. The average molecular weight is 290 g/mol. The topological polar surface area (TPSA) is 69.6 Å². The standard InChI is InChI=1S/C16H22N2O3/c1-10(2)8-14-15(20)17-11(3)16(21)18(14)9-12-4-6-13(19)7-5-12/h4-7,10-11,14,19H,8-9H2,1-3H3,(H,17,20). The van der Waals surface area contributed by atoms with Crippen molar-refractivity contribution in [2.45, 2.75) is 45.8 Å². The molecular formula is C16H22N2O3. The minimum atomic E-state index is -0.488. The smallest absolute Gasteiger partial charge is 0.245 e. The van der Waals surface area contributed by atoms with E-state index in [2.05, 4.69) is 5.32 Å². The van der Waals surface area contributed by atoms with Crippen molar-refractivity contribution in [1.82, 2.24) is 10.2 Å². The zero-order valence-electron chi connectivity index (χ0n) is 12.7. The second kappa shape index (κ2) is 6.16. The lowest BCUT2D eigenvalue weighted by atomic mass is 9.97. The summed E-state index contributed by atoms with van der Waals surface area (Å²) in [5.41, 5.74) is 0.900. The van der Waals surface area contributed by atoms with Crippen molar-refractivity contribution in [2.75, 3.05) is 0 Å². The van der Waals surface area contributed by atoms with E-state index in [4.69, 9.17) is 0 Å². The second-order valence-corrected chi connectivity index (χ2v) is 6.01. The summed E-state index contributed by atoms with van der Waals surface area (Å²) in [5, 5.41) is 12.1. The van der Waals surface area contributed by atoms with Crippen molar-refractivity contribution in [3.63, 3.8) is 0 Å².